The zero-order valence-corrected chi connectivity index (χ0v) is 20.3. The van der Waals surface area contributed by atoms with Gasteiger partial charge in [-0.3, -0.25) is 4.79 Å². The molecule has 0 fully saturated rings. The summed E-state index contributed by atoms with van der Waals surface area (Å²) in [5.74, 6) is -0.172. The summed E-state index contributed by atoms with van der Waals surface area (Å²) in [5, 5.41) is 1.07. The molecule has 0 unspecified atom stereocenters. The number of rotatable bonds is 6. The van der Waals surface area contributed by atoms with Crippen LogP contribution in [0, 0.1) is 5.82 Å². The van der Waals surface area contributed by atoms with Crippen molar-refractivity contribution in [3.63, 3.8) is 0 Å². The molecular weight excluding hydrogens is 482 g/mol. The number of hydrogen-bond acceptors (Lipinski definition) is 6. The molecule has 0 spiro atoms. The molecule has 0 saturated carbocycles. The first kappa shape index (κ1) is 24.3. The van der Waals surface area contributed by atoms with Gasteiger partial charge in [-0.2, -0.15) is 0 Å². The maximum Gasteiger partial charge on any atom is 0.242 e. The molecule has 4 N–H and O–H groups in total. The molecule has 0 saturated heterocycles. The minimum absolute atomic E-state index is 0.0320. The number of fused-ring (bicyclic) bond motifs is 1. The van der Waals surface area contributed by atoms with E-state index in [9.17, 15) is 9.18 Å². The lowest BCUT2D eigenvalue weighted by molar-refractivity contribution is -0.135. The van der Waals surface area contributed by atoms with E-state index < -0.39 is 11.4 Å². The van der Waals surface area contributed by atoms with E-state index in [1.54, 1.807) is 31.2 Å². The maximum atomic E-state index is 13.8. The van der Waals surface area contributed by atoms with Crippen LogP contribution in [0.4, 0.5) is 10.2 Å². The quantitative estimate of drug-likeness (QED) is 0.463. The van der Waals surface area contributed by atoms with Crippen LogP contribution >= 0.6 is 23.2 Å². The van der Waals surface area contributed by atoms with Gasteiger partial charge in [0.05, 0.1) is 28.8 Å². The Morgan fingerprint density at radius 2 is 2.12 bits per heavy atom. The minimum atomic E-state index is -0.915. The Morgan fingerprint density at radius 1 is 1.35 bits per heavy atom. The topological polar surface area (TPSA) is 108 Å². The second-order valence-electron chi connectivity index (χ2n) is 8.74. The third kappa shape index (κ3) is 4.71. The summed E-state index contributed by atoms with van der Waals surface area (Å²) in [6, 6.07) is 2.67. The summed E-state index contributed by atoms with van der Waals surface area (Å²) < 4.78 is 25.5. The molecule has 34 heavy (non-hydrogen) atoms. The zero-order valence-electron chi connectivity index (χ0n) is 18.8. The van der Waals surface area contributed by atoms with E-state index in [4.69, 9.17) is 43.8 Å². The number of ether oxygens (including phenoxy) is 1. The highest BCUT2D eigenvalue weighted by atomic mass is 35.5. The number of aromatic nitrogens is 1. The van der Waals surface area contributed by atoms with Crippen LogP contribution in [-0.2, 0) is 11.2 Å². The monoisotopic (exact) mass is 506 g/mol. The highest BCUT2D eigenvalue weighted by Crippen LogP contribution is 2.38. The van der Waals surface area contributed by atoms with Gasteiger partial charge in [0.15, 0.2) is 11.4 Å². The number of nitrogen functional groups attached to an aromatic ring is 1. The van der Waals surface area contributed by atoms with E-state index in [0.717, 1.165) is 16.5 Å². The van der Waals surface area contributed by atoms with Crippen LogP contribution in [0.3, 0.4) is 0 Å². The number of hydrogen-bond donors (Lipinski definition) is 2. The van der Waals surface area contributed by atoms with Gasteiger partial charge in [0, 0.05) is 36.3 Å². The maximum absolute atomic E-state index is 13.8. The molecule has 3 aromatic rings. The summed E-state index contributed by atoms with van der Waals surface area (Å²) >= 11 is 12.2. The Balaban J connectivity index is 1.54. The molecule has 0 radical (unpaired) electrons. The second kappa shape index (κ2) is 9.44. The fourth-order valence-electron chi connectivity index (χ4n) is 3.93. The van der Waals surface area contributed by atoms with E-state index in [2.05, 4.69) is 4.98 Å². The average Bonchev–Trinajstić information content (AvgIpc) is 3.23. The molecule has 1 amide bonds. The highest BCUT2D eigenvalue weighted by molar-refractivity contribution is 6.36. The van der Waals surface area contributed by atoms with Gasteiger partial charge in [-0.25, -0.2) is 9.37 Å². The molecule has 1 aromatic carbocycles. The van der Waals surface area contributed by atoms with Gasteiger partial charge in [0.1, 0.15) is 5.82 Å². The molecular formula is C24H25Cl2FN4O3. The normalized spacial score (nSPS) is 14.4. The Hall–Kier alpha value is -2.81. The first-order valence-electron chi connectivity index (χ1n) is 10.8. The summed E-state index contributed by atoms with van der Waals surface area (Å²) in [6.07, 6.45) is 6.17. The predicted molar refractivity (Wildman–Crippen MR) is 131 cm³/mol. The molecule has 1 aliphatic rings. The third-order valence-corrected chi connectivity index (χ3v) is 6.49. The van der Waals surface area contributed by atoms with Crippen LogP contribution < -0.4 is 16.2 Å². The van der Waals surface area contributed by atoms with E-state index >= 15 is 0 Å². The van der Waals surface area contributed by atoms with Gasteiger partial charge in [-0.1, -0.05) is 29.3 Å². The first-order chi connectivity index (χ1) is 16.1. The number of halogens is 3. The van der Waals surface area contributed by atoms with E-state index in [1.807, 2.05) is 6.08 Å². The lowest BCUT2D eigenvalue weighted by Crippen LogP contribution is -2.52. The van der Waals surface area contributed by atoms with Crippen molar-refractivity contribution in [2.45, 2.75) is 32.2 Å². The average molecular weight is 507 g/mol. The second-order valence-corrected chi connectivity index (χ2v) is 9.52. The molecule has 1 aliphatic heterocycles. The molecule has 0 bridgehead atoms. The van der Waals surface area contributed by atoms with Crippen molar-refractivity contribution in [2.75, 3.05) is 25.4 Å². The molecule has 3 heterocycles. The zero-order chi connectivity index (χ0) is 24.6. The van der Waals surface area contributed by atoms with E-state index in [-0.39, 0.29) is 29.8 Å². The van der Waals surface area contributed by atoms with Crippen LogP contribution in [0.15, 0.2) is 35.1 Å². The predicted octanol–water partition coefficient (Wildman–Crippen LogP) is 4.83. The largest absolute Gasteiger partial charge is 0.486 e. The fourth-order valence-corrected chi connectivity index (χ4v) is 4.49. The number of nitrogens with two attached hydrogens (primary N) is 2. The number of benzene rings is 1. The van der Waals surface area contributed by atoms with Crippen LogP contribution in [0.2, 0.25) is 10.0 Å². The molecule has 180 valence electrons. The number of amides is 1. The smallest absolute Gasteiger partial charge is 0.242 e. The van der Waals surface area contributed by atoms with Gasteiger partial charge < -0.3 is 25.5 Å². The highest BCUT2D eigenvalue weighted by Gasteiger charge is 2.29. The Labute approximate surface area is 206 Å². The summed E-state index contributed by atoms with van der Waals surface area (Å²) in [4.78, 5) is 18.4. The van der Waals surface area contributed by atoms with Crippen molar-refractivity contribution in [3.05, 3.63) is 57.7 Å². The number of anilines is 1. The summed E-state index contributed by atoms with van der Waals surface area (Å²) in [7, 11) is 0. The summed E-state index contributed by atoms with van der Waals surface area (Å²) in [6.45, 7) is 4.55. The lowest BCUT2D eigenvalue weighted by Gasteiger charge is -2.31. The number of carbonyl (C=O) groups is 1. The minimum Gasteiger partial charge on any atom is -0.486 e. The van der Waals surface area contributed by atoms with Crippen molar-refractivity contribution in [1.29, 1.82) is 0 Å². The fraction of sp³-hybridized carbons (Fsp3) is 0.333. The van der Waals surface area contributed by atoms with E-state index in [0.29, 0.717) is 41.4 Å². The van der Waals surface area contributed by atoms with Gasteiger partial charge in [0.2, 0.25) is 11.7 Å². The van der Waals surface area contributed by atoms with Crippen molar-refractivity contribution in [3.8, 4) is 5.75 Å². The van der Waals surface area contributed by atoms with Crippen molar-refractivity contribution in [2.24, 2.45) is 5.73 Å². The number of furan rings is 1. The van der Waals surface area contributed by atoms with Crippen molar-refractivity contribution < 1.29 is 18.3 Å². The van der Waals surface area contributed by atoms with Crippen molar-refractivity contribution >= 4 is 51.5 Å². The summed E-state index contributed by atoms with van der Waals surface area (Å²) in [5.41, 5.74) is 13.9. The number of pyridine rings is 1. The molecule has 7 nitrogen and oxygen atoms in total. The molecule has 2 aromatic heterocycles. The van der Waals surface area contributed by atoms with Gasteiger partial charge >= 0.3 is 0 Å². The number of nitrogens with zero attached hydrogens (tertiary/aromatic N) is 2. The molecule has 10 heteroatoms. The Morgan fingerprint density at radius 3 is 2.79 bits per heavy atom. The number of carbonyl (C=O) groups excluding carboxylic acids is 1. The third-order valence-electron chi connectivity index (χ3n) is 5.73. The van der Waals surface area contributed by atoms with Crippen LogP contribution in [-0.4, -0.2) is 41.0 Å². The Kier molecular flexibility index (Phi) is 6.75. The molecule has 4 rings (SSSR count). The van der Waals surface area contributed by atoms with Gasteiger partial charge in [-0.15, -0.1) is 0 Å². The van der Waals surface area contributed by atoms with Crippen LogP contribution in [0.5, 0.6) is 5.75 Å². The van der Waals surface area contributed by atoms with Gasteiger partial charge in [-0.05, 0) is 43.5 Å². The van der Waals surface area contributed by atoms with E-state index in [1.165, 1.54) is 12.1 Å². The van der Waals surface area contributed by atoms with Crippen LogP contribution in [0.1, 0.15) is 31.4 Å². The Bertz CT molecular complexity index is 1280. The van der Waals surface area contributed by atoms with Crippen molar-refractivity contribution in [1.82, 2.24) is 9.88 Å². The first-order valence-corrected chi connectivity index (χ1v) is 11.5. The van der Waals surface area contributed by atoms with Crippen LogP contribution in [0.25, 0.3) is 16.5 Å². The molecule has 0 aliphatic carbocycles. The van der Waals surface area contributed by atoms with Gasteiger partial charge in [0.25, 0.3) is 0 Å². The standard InChI is InChI=1S/C24H25Cl2FN4O3/c1-24(2,29)23(32)31-8-5-13(6-9-31)16-12-34-20-15(16)11-30-22(28)21(20)33-10-7-14-17(25)3-4-18(27)19(14)26/h3-5,11-12H,6-10,29H2,1-2H3,(H2,28,30). The SMILES string of the molecule is CC(C)(N)C(=O)N1CC=C(c2coc3c(OCCc4c(Cl)ccc(F)c4Cl)c(N)ncc23)CC1. The molecule has 0 atom stereocenters. The lowest BCUT2D eigenvalue weighted by atomic mass is 9.97.